The summed E-state index contributed by atoms with van der Waals surface area (Å²) in [4.78, 5) is 13.2. The summed E-state index contributed by atoms with van der Waals surface area (Å²) in [6, 6.07) is 58.4. The Kier molecular flexibility index (Phi) is 5.57. The number of hydrogen-bond acceptors (Lipinski definition) is 3. The molecular weight excluding hydrogens is 571 g/mol. The van der Waals surface area contributed by atoms with E-state index in [1.165, 1.54) is 32.7 Å². The Labute approximate surface area is 272 Å². The Bertz CT molecular complexity index is 2690. The van der Waals surface area contributed by atoms with Gasteiger partial charge in [0, 0.05) is 22.1 Å². The van der Waals surface area contributed by atoms with Crippen LogP contribution in [0.25, 0.3) is 77.0 Å². The zero-order valence-corrected chi connectivity index (χ0v) is 25.4. The molecule has 1 aliphatic heterocycles. The van der Waals surface area contributed by atoms with E-state index < -0.39 is 0 Å². The molecule has 218 valence electrons. The van der Waals surface area contributed by atoms with E-state index >= 15 is 0 Å². The van der Waals surface area contributed by atoms with E-state index in [0.717, 1.165) is 61.4 Å². The van der Waals surface area contributed by atoms with Crippen molar-refractivity contribution in [2.75, 3.05) is 4.90 Å². The average Bonchev–Trinajstić information content (AvgIpc) is 3.14. The van der Waals surface area contributed by atoms with Gasteiger partial charge in [0.25, 0.3) is 0 Å². The minimum atomic E-state index is 0.870. The zero-order valence-electron chi connectivity index (χ0n) is 25.4. The van der Waals surface area contributed by atoms with Crippen LogP contribution in [0.2, 0.25) is 0 Å². The highest BCUT2D eigenvalue weighted by atomic mass is 15.2. The lowest BCUT2D eigenvalue weighted by molar-refractivity contribution is 1.26. The summed E-state index contributed by atoms with van der Waals surface area (Å²) in [5, 5.41) is 7.25. The van der Waals surface area contributed by atoms with Crippen LogP contribution in [0.4, 0.5) is 17.1 Å². The second-order valence-corrected chi connectivity index (χ2v) is 12.2. The third kappa shape index (κ3) is 3.87. The molecular formula is C44H27N3. The van der Waals surface area contributed by atoms with E-state index in [0.29, 0.717) is 0 Å². The summed E-state index contributed by atoms with van der Waals surface area (Å²) in [6.45, 7) is 0. The van der Waals surface area contributed by atoms with Gasteiger partial charge in [-0.2, -0.15) is 0 Å². The van der Waals surface area contributed by atoms with Crippen LogP contribution in [0.5, 0.6) is 0 Å². The van der Waals surface area contributed by atoms with E-state index in [4.69, 9.17) is 9.97 Å². The predicted molar refractivity (Wildman–Crippen MR) is 197 cm³/mol. The van der Waals surface area contributed by atoms with Crippen molar-refractivity contribution in [1.29, 1.82) is 0 Å². The van der Waals surface area contributed by atoms with Gasteiger partial charge in [0.05, 0.1) is 39.5 Å². The molecule has 10 rings (SSSR count). The molecule has 47 heavy (non-hydrogen) atoms. The maximum Gasteiger partial charge on any atom is 0.1000 e. The van der Waals surface area contributed by atoms with Gasteiger partial charge in [-0.25, -0.2) is 9.97 Å². The lowest BCUT2D eigenvalue weighted by Crippen LogP contribution is -2.16. The van der Waals surface area contributed by atoms with Crippen LogP contribution in [0, 0.1) is 0 Å². The molecule has 0 N–H and O–H groups in total. The summed E-state index contributed by atoms with van der Waals surface area (Å²) in [7, 11) is 0. The van der Waals surface area contributed by atoms with Crippen molar-refractivity contribution in [3.05, 3.63) is 164 Å². The molecule has 1 aliphatic rings. The Balaban J connectivity index is 1.38. The highest BCUT2D eigenvalue weighted by Gasteiger charge is 2.30. The lowest BCUT2D eigenvalue weighted by atomic mass is 9.86. The molecule has 9 aromatic rings. The second kappa shape index (κ2) is 10.1. The van der Waals surface area contributed by atoms with Crippen molar-refractivity contribution < 1.29 is 0 Å². The van der Waals surface area contributed by atoms with E-state index in [-0.39, 0.29) is 0 Å². The molecule has 0 atom stereocenters. The van der Waals surface area contributed by atoms with Crippen LogP contribution in [0.3, 0.4) is 0 Å². The SMILES string of the molecule is c1ccc(-c2nc3ccccc3nc2-c2c(N3c4ccc5ccccc5c4-c4cccc5cccc3c45)ccc3ccccc23)cc1. The fraction of sp³-hybridized carbons (Fsp3) is 0. The zero-order chi connectivity index (χ0) is 30.9. The summed E-state index contributed by atoms with van der Waals surface area (Å²) in [6.07, 6.45) is 0. The monoisotopic (exact) mass is 597 g/mol. The largest absolute Gasteiger partial charge is 0.308 e. The average molecular weight is 598 g/mol. The lowest BCUT2D eigenvalue weighted by Gasteiger charge is -2.35. The van der Waals surface area contributed by atoms with Crippen molar-refractivity contribution in [3.8, 4) is 33.6 Å². The van der Waals surface area contributed by atoms with Gasteiger partial charge in [-0.15, -0.1) is 0 Å². The molecule has 8 aromatic carbocycles. The molecule has 0 radical (unpaired) electrons. The minimum Gasteiger partial charge on any atom is -0.308 e. The van der Waals surface area contributed by atoms with Gasteiger partial charge in [0.2, 0.25) is 0 Å². The summed E-state index contributed by atoms with van der Waals surface area (Å²) in [5.74, 6) is 0. The third-order valence-electron chi connectivity index (χ3n) is 9.54. The Morgan fingerprint density at radius 3 is 1.64 bits per heavy atom. The Morgan fingerprint density at radius 1 is 0.362 bits per heavy atom. The molecule has 0 saturated heterocycles. The topological polar surface area (TPSA) is 29.0 Å². The van der Waals surface area contributed by atoms with Gasteiger partial charge in [0.1, 0.15) is 0 Å². The number of aromatic nitrogens is 2. The molecule has 0 aliphatic carbocycles. The normalized spacial score (nSPS) is 12.2. The molecule has 1 aromatic heterocycles. The van der Waals surface area contributed by atoms with E-state index in [9.17, 15) is 0 Å². The van der Waals surface area contributed by atoms with Gasteiger partial charge in [-0.3, -0.25) is 0 Å². The second-order valence-electron chi connectivity index (χ2n) is 12.2. The number of rotatable bonds is 3. The molecule has 0 bridgehead atoms. The van der Waals surface area contributed by atoms with Crippen LogP contribution >= 0.6 is 0 Å². The van der Waals surface area contributed by atoms with Crippen LogP contribution in [0.1, 0.15) is 0 Å². The van der Waals surface area contributed by atoms with Gasteiger partial charge >= 0.3 is 0 Å². The maximum atomic E-state index is 5.44. The highest BCUT2D eigenvalue weighted by Crippen LogP contribution is 2.55. The summed E-state index contributed by atoms with van der Waals surface area (Å²) >= 11 is 0. The van der Waals surface area contributed by atoms with E-state index in [1.54, 1.807) is 0 Å². The number of benzene rings is 8. The smallest absolute Gasteiger partial charge is 0.1000 e. The first kappa shape index (κ1) is 26.0. The highest BCUT2D eigenvalue weighted by molar-refractivity contribution is 6.21. The molecule has 0 spiro atoms. The molecule has 3 nitrogen and oxygen atoms in total. The van der Waals surface area contributed by atoms with Gasteiger partial charge < -0.3 is 4.90 Å². The summed E-state index contributed by atoms with van der Waals surface area (Å²) < 4.78 is 0. The first-order chi connectivity index (χ1) is 23.3. The van der Waals surface area contributed by atoms with Crippen molar-refractivity contribution in [1.82, 2.24) is 9.97 Å². The molecule has 0 saturated carbocycles. The fourth-order valence-corrected chi connectivity index (χ4v) is 7.50. The van der Waals surface area contributed by atoms with Gasteiger partial charge in [-0.1, -0.05) is 133 Å². The van der Waals surface area contributed by atoms with E-state index in [1.807, 2.05) is 24.3 Å². The van der Waals surface area contributed by atoms with Crippen LogP contribution < -0.4 is 4.90 Å². The number of nitrogens with zero attached hydrogens (tertiary/aromatic N) is 3. The Morgan fingerprint density at radius 2 is 0.915 bits per heavy atom. The predicted octanol–water partition coefficient (Wildman–Crippen LogP) is 11.9. The molecule has 0 unspecified atom stereocenters. The fourth-order valence-electron chi connectivity index (χ4n) is 7.50. The number of hydrogen-bond donors (Lipinski definition) is 0. The van der Waals surface area contributed by atoms with E-state index in [2.05, 4.69) is 144 Å². The van der Waals surface area contributed by atoms with Crippen LogP contribution in [-0.4, -0.2) is 9.97 Å². The maximum absolute atomic E-state index is 5.44. The van der Waals surface area contributed by atoms with Crippen LogP contribution in [0.15, 0.2) is 164 Å². The standard InChI is InChI=1S/C44H27N3/c1-2-14-31(15-3-1)43-44(46-36-22-9-8-21-35(36)45-43)42-33-19-7-5-13-29(33)25-27-39(42)47-37-23-11-17-30-16-10-20-34(40(30)37)41-32-18-6-4-12-28(32)24-26-38(41)47/h1-27H. The number of para-hydroxylation sites is 2. The van der Waals surface area contributed by atoms with Crippen molar-refractivity contribution in [2.45, 2.75) is 0 Å². The van der Waals surface area contributed by atoms with Crippen molar-refractivity contribution in [3.63, 3.8) is 0 Å². The quantitative estimate of drug-likeness (QED) is 0.203. The molecule has 3 heteroatoms. The first-order valence-corrected chi connectivity index (χ1v) is 16.0. The van der Waals surface area contributed by atoms with Gasteiger partial charge in [-0.05, 0) is 62.8 Å². The molecule has 0 fully saturated rings. The van der Waals surface area contributed by atoms with Crippen molar-refractivity contribution >= 4 is 60.4 Å². The van der Waals surface area contributed by atoms with Crippen molar-refractivity contribution in [2.24, 2.45) is 0 Å². The van der Waals surface area contributed by atoms with Gasteiger partial charge in [0.15, 0.2) is 0 Å². The minimum absolute atomic E-state index is 0.870. The third-order valence-corrected chi connectivity index (χ3v) is 9.54. The first-order valence-electron chi connectivity index (χ1n) is 16.0. The number of fused-ring (bicyclic) bond motifs is 6. The summed E-state index contributed by atoms with van der Waals surface area (Å²) in [5.41, 5.74) is 11.5. The van der Waals surface area contributed by atoms with Crippen LogP contribution in [-0.2, 0) is 0 Å². The molecule has 2 heterocycles. The Hall–Kier alpha value is -6.32. The number of anilines is 3. The molecule has 0 amide bonds.